The van der Waals surface area contributed by atoms with Crippen LogP contribution in [0.5, 0.6) is 0 Å². The average molecular weight is 392 g/mol. The van der Waals surface area contributed by atoms with Gasteiger partial charge in [0.15, 0.2) is 0 Å². The molecule has 1 aromatic carbocycles. The predicted molar refractivity (Wildman–Crippen MR) is 109 cm³/mol. The molecule has 2 aliphatic rings. The van der Waals surface area contributed by atoms with Gasteiger partial charge in [-0.25, -0.2) is 0 Å². The van der Waals surface area contributed by atoms with E-state index in [1.807, 2.05) is 24.4 Å². The van der Waals surface area contributed by atoms with Gasteiger partial charge in [0.05, 0.1) is 24.4 Å². The fourth-order valence-corrected chi connectivity index (χ4v) is 4.70. The molecule has 0 spiro atoms. The van der Waals surface area contributed by atoms with Crippen molar-refractivity contribution in [2.75, 3.05) is 19.7 Å². The lowest BCUT2D eigenvalue weighted by Crippen LogP contribution is -2.41. The first-order valence-corrected chi connectivity index (χ1v) is 10.2. The average Bonchev–Trinajstić information content (AvgIpc) is 3.38. The van der Waals surface area contributed by atoms with Crippen LogP contribution in [-0.2, 0) is 19.5 Å². The topological polar surface area (TPSA) is 80.4 Å². The Kier molecular flexibility index (Phi) is 4.47. The summed E-state index contributed by atoms with van der Waals surface area (Å²) in [6, 6.07) is 7.74. The fourth-order valence-electron chi connectivity index (χ4n) is 4.70. The normalized spacial score (nSPS) is 18.5. The molecule has 1 saturated heterocycles. The number of aliphatic hydroxyl groups is 1. The zero-order valence-electron chi connectivity index (χ0n) is 16.3. The molecule has 2 aromatic heterocycles. The first kappa shape index (κ1) is 18.1. The highest BCUT2D eigenvalue weighted by Gasteiger charge is 2.29. The molecule has 0 saturated carbocycles. The summed E-state index contributed by atoms with van der Waals surface area (Å²) in [4.78, 5) is 28.2. The van der Waals surface area contributed by atoms with Gasteiger partial charge in [0, 0.05) is 43.3 Å². The summed E-state index contributed by atoms with van der Waals surface area (Å²) in [7, 11) is 0. The highest BCUT2D eigenvalue weighted by Crippen LogP contribution is 2.28. The molecule has 3 aromatic rings. The van der Waals surface area contributed by atoms with Crippen LogP contribution in [0.2, 0.25) is 0 Å². The molecule has 29 heavy (non-hydrogen) atoms. The quantitative estimate of drug-likeness (QED) is 0.734. The second-order valence-electron chi connectivity index (χ2n) is 7.95. The number of pyridine rings is 1. The summed E-state index contributed by atoms with van der Waals surface area (Å²) in [5, 5.41) is 14.3. The molecule has 1 fully saturated rings. The second kappa shape index (κ2) is 7.15. The molecule has 1 amide bonds. The van der Waals surface area contributed by atoms with Crippen molar-refractivity contribution in [1.29, 1.82) is 0 Å². The lowest BCUT2D eigenvalue weighted by Gasteiger charge is -2.32. The van der Waals surface area contributed by atoms with Crippen molar-refractivity contribution in [3.05, 3.63) is 63.7 Å². The van der Waals surface area contributed by atoms with Crippen LogP contribution >= 0.6 is 0 Å². The van der Waals surface area contributed by atoms with Crippen molar-refractivity contribution in [3.8, 4) is 0 Å². The van der Waals surface area contributed by atoms with Gasteiger partial charge in [0.2, 0.25) is 5.43 Å². The number of nitrogens with zero attached hydrogens (tertiary/aromatic N) is 4. The van der Waals surface area contributed by atoms with E-state index < -0.39 is 0 Å². The van der Waals surface area contributed by atoms with Gasteiger partial charge in [-0.2, -0.15) is 5.10 Å². The molecule has 0 bridgehead atoms. The van der Waals surface area contributed by atoms with Crippen LogP contribution in [-0.4, -0.2) is 50.0 Å². The Morgan fingerprint density at radius 2 is 2.14 bits per heavy atom. The number of hydrogen-bond acceptors (Lipinski definition) is 4. The molecule has 1 atom stereocenters. The zero-order valence-corrected chi connectivity index (χ0v) is 16.3. The van der Waals surface area contributed by atoms with Crippen LogP contribution < -0.4 is 5.43 Å². The van der Waals surface area contributed by atoms with Crippen molar-refractivity contribution >= 4 is 16.8 Å². The summed E-state index contributed by atoms with van der Waals surface area (Å²) >= 11 is 0. The van der Waals surface area contributed by atoms with Gasteiger partial charge in [0.1, 0.15) is 5.56 Å². The number of aryl methyl sites for hydroxylation is 2. The van der Waals surface area contributed by atoms with Crippen molar-refractivity contribution in [2.24, 2.45) is 0 Å². The molecule has 2 aliphatic heterocycles. The number of carbonyl (C=O) groups excluding carboxylic acids is 1. The zero-order chi connectivity index (χ0) is 20.0. The molecular weight excluding hydrogens is 368 g/mol. The number of hydrogen-bond donors (Lipinski definition) is 1. The lowest BCUT2D eigenvalue weighted by atomic mass is 9.94. The Labute approximate surface area is 168 Å². The minimum Gasteiger partial charge on any atom is -0.394 e. The molecule has 7 nitrogen and oxygen atoms in total. The third-order valence-electron chi connectivity index (χ3n) is 6.15. The van der Waals surface area contributed by atoms with E-state index in [2.05, 4.69) is 15.7 Å². The van der Waals surface area contributed by atoms with Crippen LogP contribution in [0.1, 0.15) is 40.4 Å². The monoisotopic (exact) mass is 392 g/mol. The van der Waals surface area contributed by atoms with E-state index in [0.29, 0.717) is 25.0 Å². The molecular formula is C22H24N4O3. The minimum atomic E-state index is -0.183. The van der Waals surface area contributed by atoms with Gasteiger partial charge >= 0.3 is 0 Å². The molecule has 5 rings (SSSR count). The Morgan fingerprint density at radius 3 is 3.00 bits per heavy atom. The van der Waals surface area contributed by atoms with Gasteiger partial charge in [-0.1, -0.05) is 12.1 Å². The van der Waals surface area contributed by atoms with Crippen molar-refractivity contribution in [1.82, 2.24) is 19.2 Å². The van der Waals surface area contributed by atoms with E-state index in [4.69, 9.17) is 5.11 Å². The van der Waals surface area contributed by atoms with Crippen molar-refractivity contribution in [2.45, 2.75) is 38.3 Å². The highest BCUT2D eigenvalue weighted by molar-refractivity contribution is 5.98. The van der Waals surface area contributed by atoms with Gasteiger partial charge in [-0.15, -0.1) is 0 Å². The maximum absolute atomic E-state index is 13.3. The fraction of sp³-hybridized carbons (Fsp3) is 0.409. The molecule has 4 heterocycles. The van der Waals surface area contributed by atoms with Crippen LogP contribution in [0, 0.1) is 0 Å². The molecule has 0 radical (unpaired) electrons. The largest absolute Gasteiger partial charge is 0.394 e. The SMILES string of the molecule is O=C(c1cn2c3c(cccc3c1=O)CC2)N1CCC[C@H](c2ccn(CCO)n2)C1. The lowest BCUT2D eigenvalue weighted by molar-refractivity contribution is 0.0703. The van der Waals surface area contributed by atoms with Gasteiger partial charge in [-0.3, -0.25) is 14.3 Å². The number of rotatable bonds is 4. The van der Waals surface area contributed by atoms with E-state index in [9.17, 15) is 9.59 Å². The molecule has 150 valence electrons. The van der Waals surface area contributed by atoms with Gasteiger partial charge in [0.25, 0.3) is 5.91 Å². The number of likely N-dealkylation sites (tertiary alicyclic amines) is 1. The van der Waals surface area contributed by atoms with Crippen LogP contribution in [0.4, 0.5) is 0 Å². The Balaban J connectivity index is 1.43. The van der Waals surface area contributed by atoms with Crippen molar-refractivity contribution < 1.29 is 9.90 Å². The molecule has 1 N–H and O–H groups in total. The number of aliphatic hydroxyl groups excluding tert-OH is 1. The van der Waals surface area contributed by atoms with E-state index in [-0.39, 0.29) is 29.4 Å². The highest BCUT2D eigenvalue weighted by atomic mass is 16.3. The maximum Gasteiger partial charge on any atom is 0.259 e. The summed E-state index contributed by atoms with van der Waals surface area (Å²) in [6.45, 7) is 2.54. The number of para-hydroxylation sites is 1. The first-order valence-electron chi connectivity index (χ1n) is 10.2. The summed E-state index contributed by atoms with van der Waals surface area (Å²) in [5.41, 5.74) is 3.19. The van der Waals surface area contributed by atoms with Crippen LogP contribution in [0.3, 0.4) is 0 Å². The maximum atomic E-state index is 13.3. The van der Waals surface area contributed by atoms with Crippen LogP contribution in [0.15, 0.2) is 41.5 Å². The number of aromatic nitrogens is 3. The Hall–Kier alpha value is -2.93. The van der Waals surface area contributed by atoms with E-state index >= 15 is 0 Å². The van der Waals surface area contributed by atoms with Gasteiger partial charge in [-0.05, 0) is 37.0 Å². The third kappa shape index (κ3) is 3.06. The third-order valence-corrected chi connectivity index (χ3v) is 6.15. The Morgan fingerprint density at radius 1 is 1.24 bits per heavy atom. The number of carbonyl (C=O) groups is 1. The smallest absolute Gasteiger partial charge is 0.259 e. The number of amides is 1. The van der Waals surface area contributed by atoms with E-state index in [0.717, 1.165) is 37.0 Å². The van der Waals surface area contributed by atoms with E-state index in [1.165, 1.54) is 5.56 Å². The minimum absolute atomic E-state index is 0.0480. The molecule has 0 unspecified atom stereocenters. The van der Waals surface area contributed by atoms with Crippen LogP contribution in [0.25, 0.3) is 10.9 Å². The Bertz CT molecular complexity index is 1150. The predicted octanol–water partition coefficient (Wildman–Crippen LogP) is 1.77. The molecule has 0 aliphatic carbocycles. The van der Waals surface area contributed by atoms with E-state index in [1.54, 1.807) is 15.8 Å². The molecule has 7 heteroatoms. The first-order chi connectivity index (χ1) is 14.2. The second-order valence-corrected chi connectivity index (χ2v) is 7.95. The number of benzene rings is 1. The van der Waals surface area contributed by atoms with Gasteiger partial charge < -0.3 is 14.6 Å². The summed E-state index contributed by atoms with van der Waals surface area (Å²) in [6.07, 6.45) is 6.36. The number of piperidine rings is 1. The summed E-state index contributed by atoms with van der Waals surface area (Å²) < 4.78 is 3.78. The van der Waals surface area contributed by atoms with Crippen molar-refractivity contribution in [3.63, 3.8) is 0 Å². The standard InChI is InChI=1S/C22H24N4O3/c27-12-11-26-10-7-19(23-26)16-4-2-8-25(13-16)22(29)18-14-24-9-6-15-3-1-5-17(20(15)24)21(18)28/h1,3,5,7,10,14,16,27H,2,4,6,8-9,11-13H2/t16-/m0/s1. The summed E-state index contributed by atoms with van der Waals surface area (Å²) in [5.74, 6) is -0.0324.